The molecule has 0 bridgehead atoms. The zero-order chi connectivity index (χ0) is 10.0. The molecule has 1 heterocycles. The molecular weight excluding hydrogens is 209 g/mol. The minimum atomic E-state index is -0.905. The van der Waals surface area contributed by atoms with Crippen LogP contribution in [-0.2, 0) is 4.79 Å². The first-order chi connectivity index (χ1) is 6.00. The standard InChI is InChI=1S/C9H15Cl2NO/c1-6-3-7(2)5-12(4-6)9(13)8(10)11/h6-8H,3-5H2,1-2H3/t6-,7+. The van der Waals surface area contributed by atoms with Gasteiger partial charge in [0.2, 0.25) is 0 Å². The summed E-state index contributed by atoms with van der Waals surface area (Å²) in [5.41, 5.74) is 0. The maximum atomic E-state index is 11.5. The third kappa shape index (κ3) is 3.03. The Balaban J connectivity index is 2.55. The lowest BCUT2D eigenvalue weighted by Gasteiger charge is -2.35. The largest absolute Gasteiger partial charge is 0.340 e. The number of hydrogen-bond acceptors (Lipinski definition) is 1. The Morgan fingerprint density at radius 2 is 1.77 bits per heavy atom. The molecule has 13 heavy (non-hydrogen) atoms. The summed E-state index contributed by atoms with van der Waals surface area (Å²) in [6.07, 6.45) is 1.18. The average Bonchev–Trinajstić information content (AvgIpc) is 2.01. The Hall–Kier alpha value is 0.0500. The van der Waals surface area contributed by atoms with Crippen molar-refractivity contribution < 1.29 is 4.79 Å². The van der Waals surface area contributed by atoms with Gasteiger partial charge in [-0.05, 0) is 18.3 Å². The van der Waals surface area contributed by atoms with Crippen LogP contribution in [-0.4, -0.2) is 28.7 Å². The normalized spacial score (nSPS) is 29.5. The van der Waals surface area contributed by atoms with E-state index < -0.39 is 4.84 Å². The van der Waals surface area contributed by atoms with Crippen molar-refractivity contribution in [1.82, 2.24) is 4.90 Å². The minimum Gasteiger partial charge on any atom is -0.340 e. The maximum Gasteiger partial charge on any atom is 0.255 e. The molecule has 2 nitrogen and oxygen atoms in total. The highest BCUT2D eigenvalue weighted by Gasteiger charge is 2.27. The van der Waals surface area contributed by atoms with Gasteiger partial charge in [-0.2, -0.15) is 0 Å². The molecule has 0 aromatic rings. The molecule has 0 spiro atoms. The first-order valence-corrected chi connectivity index (χ1v) is 5.45. The number of hydrogen-bond donors (Lipinski definition) is 0. The summed E-state index contributed by atoms with van der Waals surface area (Å²) in [5, 5.41) is 0. The lowest BCUT2D eigenvalue weighted by Crippen LogP contribution is -2.44. The first-order valence-electron chi connectivity index (χ1n) is 4.57. The van der Waals surface area contributed by atoms with E-state index >= 15 is 0 Å². The van der Waals surface area contributed by atoms with Crippen molar-refractivity contribution in [1.29, 1.82) is 0 Å². The second-order valence-corrected chi connectivity index (χ2v) is 5.09. The summed E-state index contributed by atoms with van der Waals surface area (Å²) in [6, 6.07) is 0. The van der Waals surface area contributed by atoms with Crippen LogP contribution in [0.4, 0.5) is 0 Å². The molecule has 1 aliphatic rings. The molecule has 1 saturated heterocycles. The predicted octanol–water partition coefficient (Wildman–Crippen LogP) is 2.29. The molecule has 0 aliphatic carbocycles. The summed E-state index contributed by atoms with van der Waals surface area (Å²) < 4.78 is 0. The number of piperidine rings is 1. The van der Waals surface area contributed by atoms with Gasteiger partial charge < -0.3 is 4.90 Å². The van der Waals surface area contributed by atoms with Crippen LogP contribution in [0.15, 0.2) is 0 Å². The van der Waals surface area contributed by atoms with Gasteiger partial charge in [0.1, 0.15) is 0 Å². The molecule has 0 aromatic carbocycles. The number of carbonyl (C=O) groups is 1. The third-order valence-electron chi connectivity index (χ3n) is 2.37. The molecule has 1 aliphatic heterocycles. The second kappa shape index (κ2) is 4.52. The molecule has 2 atom stereocenters. The molecule has 76 valence electrons. The molecular formula is C9H15Cl2NO. The molecule has 1 fully saturated rings. The van der Waals surface area contributed by atoms with Gasteiger partial charge in [0, 0.05) is 13.1 Å². The van der Waals surface area contributed by atoms with E-state index in [1.54, 1.807) is 4.90 Å². The molecule has 4 heteroatoms. The van der Waals surface area contributed by atoms with E-state index in [4.69, 9.17) is 23.2 Å². The van der Waals surface area contributed by atoms with Crippen molar-refractivity contribution >= 4 is 29.1 Å². The summed E-state index contributed by atoms with van der Waals surface area (Å²) in [7, 11) is 0. The van der Waals surface area contributed by atoms with E-state index in [-0.39, 0.29) is 5.91 Å². The van der Waals surface area contributed by atoms with Crippen LogP contribution in [0.5, 0.6) is 0 Å². The van der Waals surface area contributed by atoms with E-state index in [1.165, 1.54) is 6.42 Å². The number of amides is 1. The van der Waals surface area contributed by atoms with Gasteiger partial charge in [-0.3, -0.25) is 4.79 Å². The topological polar surface area (TPSA) is 20.3 Å². The monoisotopic (exact) mass is 223 g/mol. The molecule has 0 unspecified atom stereocenters. The van der Waals surface area contributed by atoms with E-state index in [0.717, 1.165) is 13.1 Å². The van der Waals surface area contributed by atoms with E-state index in [2.05, 4.69) is 13.8 Å². The highest BCUT2D eigenvalue weighted by Crippen LogP contribution is 2.22. The third-order valence-corrected chi connectivity index (χ3v) is 2.74. The molecule has 0 saturated carbocycles. The van der Waals surface area contributed by atoms with Crippen molar-refractivity contribution in [3.8, 4) is 0 Å². The zero-order valence-corrected chi connectivity index (χ0v) is 9.48. The lowest BCUT2D eigenvalue weighted by molar-refractivity contribution is -0.131. The highest BCUT2D eigenvalue weighted by atomic mass is 35.5. The Bertz CT molecular complexity index is 186. The molecule has 0 radical (unpaired) electrons. The summed E-state index contributed by atoms with van der Waals surface area (Å²) in [6.45, 7) is 5.87. The van der Waals surface area contributed by atoms with Gasteiger partial charge in [-0.1, -0.05) is 37.0 Å². The van der Waals surface area contributed by atoms with Crippen molar-refractivity contribution in [2.24, 2.45) is 11.8 Å². The number of carbonyl (C=O) groups excluding carboxylic acids is 1. The van der Waals surface area contributed by atoms with Gasteiger partial charge in [-0.25, -0.2) is 0 Å². The van der Waals surface area contributed by atoms with Crippen molar-refractivity contribution in [3.63, 3.8) is 0 Å². The number of alkyl halides is 2. The molecule has 1 rings (SSSR count). The number of nitrogens with zero attached hydrogens (tertiary/aromatic N) is 1. The summed E-state index contributed by atoms with van der Waals surface area (Å²) in [4.78, 5) is 12.3. The molecule has 0 aromatic heterocycles. The minimum absolute atomic E-state index is 0.151. The lowest BCUT2D eigenvalue weighted by atomic mass is 9.92. The quantitative estimate of drug-likeness (QED) is 0.626. The molecule has 1 amide bonds. The van der Waals surface area contributed by atoms with Crippen LogP contribution >= 0.6 is 23.2 Å². The van der Waals surface area contributed by atoms with Crippen LogP contribution in [0.1, 0.15) is 20.3 Å². The van der Waals surface area contributed by atoms with Crippen LogP contribution in [0.2, 0.25) is 0 Å². The average molecular weight is 224 g/mol. The van der Waals surface area contributed by atoms with Crippen LogP contribution in [0, 0.1) is 11.8 Å². The molecule has 0 N–H and O–H groups in total. The van der Waals surface area contributed by atoms with Crippen molar-refractivity contribution in [3.05, 3.63) is 0 Å². The van der Waals surface area contributed by atoms with Gasteiger partial charge in [0.15, 0.2) is 4.84 Å². The zero-order valence-electron chi connectivity index (χ0n) is 7.96. The van der Waals surface area contributed by atoms with Gasteiger partial charge in [0.05, 0.1) is 0 Å². The number of halogens is 2. The predicted molar refractivity (Wildman–Crippen MR) is 55.0 cm³/mol. The fraction of sp³-hybridized carbons (Fsp3) is 0.889. The maximum absolute atomic E-state index is 11.5. The Kier molecular flexibility index (Phi) is 3.87. The van der Waals surface area contributed by atoms with E-state index in [0.29, 0.717) is 11.8 Å². The Morgan fingerprint density at radius 3 is 2.15 bits per heavy atom. The van der Waals surface area contributed by atoms with Crippen molar-refractivity contribution in [2.75, 3.05) is 13.1 Å². The van der Waals surface area contributed by atoms with E-state index in [9.17, 15) is 4.79 Å². The fourth-order valence-electron chi connectivity index (χ4n) is 1.98. The van der Waals surface area contributed by atoms with Gasteiger partial charge >= 0.3 is 0 Å². The smallest absolute Gasteiger partial charge is 0.255 e. The number of rotatable bonds is 1. The number of likely N-dealkylation sites (tertiary alicyclic amines) is 1. The van der Waals surface area contributed by atoms with Crippen LogP contribution in [0.3, 0.4) is 0 Å². The highest BCUT2D eigenvalue weighted by molar-refractivity contribution is 6.53. The summed E-state index contributed by atoms with van der Waals surface area (Å²) in [5.74, 6) is 0.960. The Morgan fingerprint density at radius 1 is 1.31 bits per heavy atom. The Labute approximate surface area is 89.2 Å². The first kappa shape index (κ1) is 11.1. The summed E-state index contributed by atoms with van der Waals surface area (Å²) >= 11 is 11.1. The second-order valence-electron chi connectivity index (χ2n) is 3.99. The SMILES string of the molecule is C[C@@H]1C[C@H](C)CN(C(=O)C(Cl)Cl)C1. The van der Waals surface area contributed by atoms with E-state index in [1.807, 2.05) is 0 Å². The van der Waals surface area contributed by atoms with Crippen molar-refractivity contribution in [2.45, 2.75) is 25.1 Å². The van der Waals surface area contributed by atoms with Gasteiger partial charge in [-0.15, -0.1) is 0 Å². The fourth-order valence-corrected chi connectivity index (χ4v) is 2.26. The van der Waals surface area contributed by atoms with Crippen LogP contribution in [0.25, 0.3) is 0 Å². The van der Waals surface area contributed by atoms with Crippen LogP contribution < -0.4 is 0 Å². The van der Waals surface area contributed by atoms with Gasteiger partial charge in [0.25, 0.3) is 5.91 Å².